The smallest absolute Gasteiger partial charge is 0.282 e. The molecule has 1 N–H and O–H groups in total. The quantitative estimate of drug-likeness (QED) is 0.224. The fourth-order valence-electron chi connectivity index (χ4n) is 3.41. The first-order chi connectivity index (χ1) is 17.3. The minimum absolute atomic E-state index is 0.220. The van der Waals surface area contributed by atoms with Gasteiger partial charge in [-0.3, -0.25) is 4.55 Å². The minimum atomic E-state index is -7.71. The van der Waals surface area contributed by atoms with E-state index >= 15 is 17.6 Å². The molecule has 0 bridgehead atoms. The van der Waals surface area contributed by atoms with Gasteiger partial charge in [0.2, 0.25) is 0 Å². The van der Waals surface area contributed by atoms with Crippen LogP contribution in [0.15, 0.2) is 35.2 Å². The molecule has 2 aromatic rings. The maximum Gasteiger partial charge on any atom is 0.382 e. The Morgan fingerprint density at radius 2 is 0.975 bits per heavy atom. The monoisotopic (exact) mass is 636 g/mol. The summed E-state index contributed by atoms with van der Waals surface area (Å²) in [5.74, 6) is -56.9. The molecule has 2 rings (SSSR count). The second-order valence-corrected chi connectivity index (χ2v) is 9.91. The predicted octanol–water partition coefficient (Wildman–Crippen LogP) is 8.12. The molecule has 0 aliphatic heterocycles. The molecule has 0 atom stereocenters. The van der Waals surface area contributed by atoms with Crippen molar-refractivity contribution in [3.63, 3.8) is 0 Å². The second-order valence-electron chi connectivity index (χ2n) is 8.55. The van der Waals surface area contributed by atoms with Crippen LogP contribution in [0, 0.1) is 0 Å². The molecule has 3 nitrogen and oxygen atoms in total. The lowest BCUT2D eigenvalue weighted by Gasteiger charge is -2.40. The van der Waals surface area contributed by atoms with Crippen LogP contribution in [0.5, 0.6) is 0 Å². The van der Waals surface area contributed by atoms with E-state index < -0.39 is 104 Å². The summed E-state index contributed by atoms with van der Waals surface area (Å²) < 4.78 is 260. The fraction of sp³-hybridized carbons (Fsp3) is 0.500. The molecule has 0 aliphatic carbocycles. The van der Waals surface area contributed by atoms with E-state index in [2.05, 4.69) is 0 Å². The molecule has 0 saturated carbocycles. The summed E-state index contributed by atoms with van der Waals surface area (Å²) in [5, 5.41) is -2.92. The van der Waals surface area contributed by atoms with Crippen LogP contribution in [0.3, 0.4) is 0 Å². The van der Waals surface area contributed by atoms with Crippen LogP contribution < -0.4 is 0 Å². The molecule has 0 aliphatic rings. The van der Waals surface area contributed by atoms with E-state index in [4.69, 9.17) is 0 Å². The topological polar surface area (TPSA) is 54.4 Å². The Balaban J connectivity index is 3.32. The molecule has 2 aromatic carbocycles. The lowest BCUT2D eigenvalue weighted by molar-refractivity contribution is -0.373. The lowest BCUT2D eigenvalue weighted by Crippen LogP contribution is -2.62. The van der Waals surface area contributed by atoms with Crippen LogP contribution in [-0.2, 0) is 22.0 Å². The van der Waals surface area contributed by atoms with E-state index in [1.54, 1.807) is 0 Å². The van der Waals surface area contributed by atoms with Crippen molar-refractivity contribution in [1.29, 1.82) is 0 Å². The van der Waals surface area contributed by atoms with Crippen molar-refractivity contribution in [2.24, 2.45) is 0 Å². The van der Waals surface area contributed by atoms with Crippen LogP contribution in [0.2, 0.25) is 0 Å². The van der Waals surface area contributed by atoms with Crippen LogP contribution in [0.1, 0.15) is 25.0 Å². The molecule has 0 unspecified atom stereocenters. The molecular formula is C20H12F16O3S. The van der Waals surface area contributed by atoms with Crippen molar-refractivity contribution in [2.45, 2.75) is 66.1 Å². The first-order valence-corrected chi connectivity index (χ1v) is 11.3. The molecule has 0 aromatic heterocycles. The number of rotatable bonds is 9. The van der Waals surface area contributed by atoms with Crippen molar-refractivity contribution >= 4 is 20.9 Å². The molecule has 0 heterocycles. The van der Waals surface area contributed by atoms with Gasteiger partial charge in [-0.05, 0) is 11.5 Å². The summed E-state index contributed by atoms with van der Waals surface area (Å²) in [4.78, 5) is -3.00. The third-order valence-corrected chi connectivity index (χ3v) is 6.53. The third kappa shape index (κ3) is 4.53. The van der Waals surface area contributed by atoms with E-state index in [1.165, 1.54) is 0 Å². The third-order valence-electron chi connectivity index (χ3n) is 5.59. The first-order valence-electron chi connectivity index (χ1n) is 9.90. The van der Waals surface area contributed by atoms with Gasteiger partial charge in [0.15, 0.2) is 0 Å². The van der Waals surface area contributed by atoms with E-state index in [0.717, 1.165) is 0 Å². The average molecular weight is 636 g/mol. The molecule has 228 valence electrons. The van der Waals surface area contributed by atoms with Gasteiger partial charge in [-0.2, -0.15) is 78.7 Å². The van der Waals surface area contributed by atoms with Gasteiger partial charge in [-0.1, -0.05) is 24.3 Å². The van der Waals surface area contributed by atoms with Gasteiger partial charge in [0.05, 0.1) is 5.56 Å². The summed E-state index contributed by atoms with van der Waals surface area (Å²) in [5.41, 5.74) is -7.69. The van der Waals surface area contributed by atoms with Crippen LogP contribution in [-0.4, -0.2) is 48.5 Å². The average Bonchev–Trinajstić information content (AvgIpc) is 2.74. The van der Waals surface area contributed by atoms with Crippen LogP contribution in [0.25, 0.3) is 10.8 Å². The highest BCUT2D eigenvalue weighted by Crippen LogP contribution is 2.62. The highest BCUT2D eigenvalue weighted by Gasteiger charge is 2.83. The van der Waals surface area contributed by atoms with Gasteiger partial charge in [0, 0.05) is 24.8 Å². The predicted molar refractivity (Wildman–Crippen MR) is 103 cm³/mol. The molecule has 0 saturated heterocycles. The number of fused-ring (bicyclic) bond motifs is 1. The van der Waals surface area contributed by atoms with Crippen molar-refractivity contribution < 1.29 is 83.2 Å². The van der Waals surface area contributed by atoms with E-state index in [-0.39, 0.29) is 6.07 Å². The number of hydrogen-bond donors (Lipinski definition) is 1. The lowest BCUT2D eigenvalue weighted by atomic mass is 9.84. The van der Waals surface area contributed by atoms with E-state index in [1.807, 2.05) is 0 Å². The Morgan fingerprint density at radius 3 is 1.35 bits per heavy atom. The Kier molecular flexibility index (Phi) is 7.58. The van der Waals surface area contributed by atoms with Crippen LogP contribution >= 0.6 is 0 Å². The summed E-state index contributed by atoms with van der Waals surface area (Å²) >= 11 is 0. The maximum absolute atomic E-state index is 15.1. The zero-order valence-corrected chi connectivity index (χ0v) is 19.9. The molecule has 20 heteroatoms. The number of hydrogen-bond acceptors (Lipinski definition) is 2. The molecule has 0 spiro atoms. The summed E-state index contributed by atoms with van der Waals surface area (Å²) in [6.45, 7) is -2.15. The molecule has 40 heavy (non-hydrogen) atoms. The van der Waals surface area contributed by atoms with Gasteiger partial charge < -0.3 is 0 Å². The first kappa shape index (κ1) is 33.7. The van der Waals surface area contributed by atoms with Crippen molar-refractivity contribution in [3.05, 3.63) is 41.5 Å². The molecular weight excluding hydrogens is 624 g/mol. The highest BCUT2D eigenvalue weighted by atomic mass is 32.2. The van der Waals surface area contributed by atoms with Gasteiger partial charge >= 0.3 is 47.4 Å². The maximum atomic E-state index is 15.1. The highest BCUT2D eigenvalue weighted by molar-refractivity contribution is 7.86. The standard InChI is InChI=1S/C20H12F16O3S/c1-13(21,22)17(29,30)19(33,34)15(25,26)10-7-8-5-3-4-6-9(8)12(40(37,38)39)11(10)16(27,28)20(35,36)18(31,32)14(2,23)24/h3-7H,1-2H3,(H,37,38,39). The second kappa shape index (κ2) is 8.99. The Morgan fingerprint density at radius 1 is 0.600 bits per heavy atom. The zero-order chi connectivity index (χ0) is 31.9. The Hall–Kier alpha value is -2.51. The van der Waals surface area contributed by atoms with Crippen molar-refractivity contribution in [3.8, 4) is 0 Å². The number of alkyl halides is 16. The summed E-state index contributed by atoms with van der Waals surface area (Å²) in [6.07, 6.45) is 0. The number of halogens is 16. The van der Waals surface area contributed by atoms with E-state index in [0.29, 0.717) is 18.2 Å². The Labute approximate surface area is 212 Å². The van der Waals surface area contributed by atoms with Gasteiger partial charge in [-0.15, -0.1) is 0 Å². The van der Waals surface area contributed by atoms with Gasteiger partial charge in [0.1, 0.15) is 4.90 Å². The Bertz CT molecular complexity index is 1410. The van der Waals surface area contributed by atoms with Gasteiger partial charge in [0.25, 0.3) is 10.1 Å². The summed E-state index contributed by atoms with van der Waals surface area (Å²) in [6, 6.07) is 1.01. The zero-order valence-electron chi connectivity index (χ0n) is 19.1. The number of benzene rings is 2. The van der Waals surface area contributed by atoms with Gasteiger partial charge in [-0.25, -0.2) is 0 Å². The van der Waals surface area contributed by atoms with E-state index in [9.17, 15) is 65.7 Å². The SMILES string of the molecule is CC(F)(F)C(F)(F)C(F)(F)C(F)(F)c1cc2ccccc2c(S(=O)(=O)O)c1C(F)(F)C(F)(F)C(F)(F)C(C)(F)F. The normalized spacial score (nSPS) is 15.6. The molecule has 0 fully saturated rings. The minimum Gasteiger partial charge on any atom is -0.282 e. The molecule has 0 radical (unpaired) electrons. The van der Waals surface area contributed by atoms with Crippen LogP contribution in [0.4, 0.5) is 70.2 Å². The summed E-state index contributed by atoms with van der Waals surface area (Å²) in [7, 11) is -6.74. The van der Waals surface area contributed by atoms with Crippen molar-refractivity contribution in [2.75, 3.05) is 0 Å². The van der Waals surface area contributed by atoms with Crippen molar-refractivity contribution in [1.82, 2.24) is 0 Å². The largest absolute Gasteiger partial charge is 0.382 e. The molecule has 0 amide bonds. The fourth-order valence-corrected chi connectivity index (χ4v) is 4.37.